The molecule has 0 fully saturated rings. The number of hydrogen-bond donors (Lipinski definition) is 1. The lowest BCUT2D eigenvalue weighted by molar-refractivity contribution is -0.119. The molecular weight excluding hydrogens is 328 g/mol. The molecule has 0 aliphatic heterocycles. The molecule has 0 saturated carbocycles. The summed E-state index contributed by atoms with van der Waals surface area (Å²) < 4.78 is 5.12. The summed E-state index contributed by atoms with van der Waals surface area (Å²) in [7, 11) is 0. The van der Waals surface area contributed by atoms with Crippen LogP contribution in [0.4, 0.5) is 11.4 Å². The maximum Gasteiger partial charge on any atom is 0.338 e. The molecule has 2 aromatic rings. The van der Waals surface area contributed by atoms with E-state index in [0.717, 1.165) is 35.6 Å². The first-order valence-corrected chi connectivity index (χ1v) is 8.84. The van der Waals surface area contributed by atoms with Gasteiger partial charge in [-0.15, -0.1) is 0 Å². The van der Waals surface area contributed by atoms with Crippen LogP contribution in [0.5, 0.6) is 0 Å². The third-order valence-electron chi connectivity index (χ3n) is 4.44. The molecule has 5 nitrogen and oxygen atoms in total. The third kappa shape index (κ3) is 4.85. The average molecular weight is 354 g/mol. The molecule has 0 heterocycles. The number of esters is 1. The van der Waals surface area contributed by atoms with Crippen molar-refractivity contribution >= 4 is 23.3 Å². The predicted octanol–water partition coefficient (Wildman–Crippen LogP) is 3.95. The fraction of sp³-hybridized carbons (Fsp3) is 0.333. The Morgan fingerprint density at radius 1 is 1.00 bits per heavy atom. The summed E-state index contributed by atoms with van der Waals surface area (Å²) in [5.41, 5.74) is 4.31. The highest BCUT2D eigenvalue weighted by Gasteiger charge is 2.12. The molecule has 2 aromatic carbocycles. The van der Waals surface area contributed by atoms with Gasteiger partial charge in [-0.1, -0.05) is 12.1 Å². The average Bonchev–Trinajstić information content (AvgIpc) is 2.65. The van der Waals surface area contributed by atoms with E-state index in [-0.39, 0.29) is 12.5 Å². The third-order valence-corrected chi connectivity index (χ3v) is 4.44. The van der Waals surface area contributed by atoms with E-state index in [2.05, 4.69) is 24.1 Å². The summed E-state index contributed by atoms with van der Waals surface area (Å²) in [5, 5.41) is 2.77. The van der Waals surface area contributed by atoms with Crippen molar-refractivity contribution in [2.24, 2.45) is 0 Å². The zero-order chi connectivity index (χ0) is 19.1. The highest BCUT2D eigenvalue weighted by atomic mass is 16.5. The number of anilines is 2. The van der Waals surface area contributed by atoms with Crippen LogP contribution in [0.2, 0.25) is 0 Å². The Labute approximate surface area is 155 Å². The predicted molar refractivity (Wildman–Crippen MR) is 105 cm³/mol. The minimum atomic E-state index is -0.507. The lowest BCUT2D eigenvalue weighted by Crippen LogP contribution is -2.22. The molecule has 0 radical (unpaired) electrons. The Morgan fingerprint density at radius 3 is 2.27 bits per heavy atom. The Bertz CT molecular complexity index is 765. The zero-order valence-electron chi connectivity index (χ0n) is 15.8. The van der Waals surface area contributed by atoms with Crippen LogP contribution < -0.4 is 10.2 Å². The highest BCUT2D eigenvalue weighted by molar-refractivity contribution is 5.96. The van der Waals surface area contributed by atoms with Crippen LogP contribution in [0.25, 0.3) is 0 Å². The first kappa shape index (κ1) is 19.5. The van der Waals surface area contributed by atoms with Crippen LogP contribution in [0.15, 0.2) is 42.5 Å². The van der Waals surface area contributed by atoms with Gasteiger partial charge in [-0.2, -0.15) is 0 Å². The molecule has 1 amide bonds. The second-order valence-corrected chi connectivity index (χ2v) is 6.09. The number of nitrogens with one attached hydrogen (secondary N) is 1. The van der Waals surface area contributed by atoms with Crippen LogP contribution in [0, 0.1) is 13.8 Å². The van der Waals surface area contributed by atoms with Gasteiger partial charge in [0.15, 0.2) is 6.61 Å². The minimum absolute atomic E-state index is 0.315. The molecule has 0 aromatic heterocycles. The van der Waals surface area contributed by atoms with E-state index >= 15 is 0 Å². The molecule has 0 saturated heterocycles. The molecule has 0 spiro atoms. The molecule has 26 heavy (non-hydrogen) atoms. The van der Waals surface area contributed by atoms with Gasteiger partial charge in [0.05, 0.1) is 5.56 Å². The molecule has 0 aliphatic carbocycles. The van der Waals surface area contributed by atoms with E-state index in [9.17, 15) is 9.59 Å². The van der Waals surface area contributed by atoms with Crippen molar-refractivity contribution in [3.8, 4) is 0 Å². The first-order valence-electron chi connectivity index (χ1n) is 8.84. The fourth-order valence-electron chi connectivity index (χ4n) is 2.68. The van der Waals surface area contributed by atoms with E-state index in [0.29, 0.717) is 5.56 Å². The van der Waals surface area contributed by atoms with Gasteiger partial charge in [-0.05, 0) is 69.2 Å². The van der Waals surface area contributed by atoms with Crippen LogP contribution in [-0.4, -0.2) is 31.6 Å². The number of aryl methyl sites for hydroxylation is 1. The number of ether oxygens (including phenoxy) is 1. The lowest BCUT2D eigenvalue weighted by Gasteiger charge is -2.20. The van der Waals surface area contributed by atoms with Crippen molar-refractivity contribution in [3.05, 3.63) is 59.2 Å². The van der Waals surface area contributed by atoms with Crippen LogP contribution >= 0.6 is 0 Å². The molecule has 2 rings (SSSR count). The van der Waals surface area contributed by atoms with Crippen molar-refractivity contribution < 1.29 is 14.3 Å². The highest BCUT2D eigenvalue weighted by Crippen LogP contribution is 2.18. The normalized spacial score (nSPS) is 10.3. The first-order chi connectivity index (χ1) is 12.5. The van der Waals surface area contributed by atoms with Gasteiger partial charge < -0.3 is 15.0 Å². The summed E-state index contributed by atoms with van der Waals surface area (Å²) in [6.07, 6.45) is 0. The molecule has 0 atom stereocenters. The Hall–Kier alpha value is -2.82. The molecule has 138 valence electrons. The van der Waals surface area contributed by atoms with Gasteiger partial charge in [-0.3, -0.25) is 4.79 Å². The summed E-state index contributed by atoms with van der Waals surface area (Å²) in [5.74, 6) is -0.862. The number of benzene rings is 2. The number of rotatable bonds is 7. The second-order valence-electron chi connectivity index (χ2n) is 6.09. The largest absolute Gasteiger partial charge is 0.452 e. The standard InChI is InChI=1S/C21H26N2O3/c1-5-23(6-2)18-12-10-17(11-13-18)21(25)26-14-20(24)22-19-9-7-8-15(3)16(19)4/h7-13H,5-6,14H2,1-4H3,(H,22,24). The molecule has 0 bridgehead atoms. The zero-order valence-corrected chi connectivity index (χ0v) is 15.8. The molecule has 0 unspecified atom stereocenters. The van der Waals surface area contributed by atoms with Crippen molar-refractivity contribution in [2.45, 2.75) is 27.7 Å². The number of carbonyl (C=O) groups is 2. The van der Waals surface area contributed by atoms with Gasteiger partial charge in [0.25, 0.3) is 5.91 Å². The van der Waals surface area contributed by atoms with Gasteiger partial charge in [0.1, 0.15) is 0 Å². The number of carbonyl (C=O) groups excluding carboxylic acids is 2. The van der Waals surface area contributed by atoms with Crippen LogP contribution in [0.3, 0.4) is 0 Å². The Morgan fingerprint density at radius 2 is 1.65 bits per heavy atom. The van der Waals surface area contributed by atoms with Gasteiger partial charge in [0, 0.05) is 24.5 Å². The van der Waals surface area contributed by atoms with E-state index < -0.39 is 5.97 Å². The van der Waals surface area contributed by atoms with E-state index in [1.807, 2.05) is 44.2 Å². The molecular formula is C21H26N2O3. The number of amides is 1. The molecule has 5 heteroatoms. The quantitative estimate of drug-likeness (QED) is 0.765. The minimum Gasteiger partial charge on any atom is -0.452 e. The van der Waals surface area contributed by atoms with E-state index in [4.69, 9.17) is 4.74 Å². The smallest absolute Gasteiger partial charge is 0.338 e. The van der Waals surface area contributed by atoms with E-state index in [1.165, 1.54) is 0 Å². The van der Waals surface area contributed by atoms with Crippen molar-refractivity contribution in [3.63, 3.8) is 0 Å². The monoisotopic (exact) mass is 354 g/mol. The topological polar surface area (TPSA) is 58.6 Å². The summed E-state index contributed by atoms with van der Waals surface area (Å²) in [4.78, 5) is 26.4. The summed E-state index contributed by atoms with van der Waals surface area (Å²) in [6.45, 7) is 9.57. The number of nitrogens with zero attached hydrogens (tertiary/aromatic N) is 1. The van der Waals surface area contributed by atoms with Gasteiger partial charge in [0.2, 0.25) is 0 Å². The fourth-order valence-corrected chi connectivity index (χ4v) is 2.68. The SMILES string of the molecule is CCN(CC)c1ccc(C(=O)OCC(=O)Nc2cccc(C)c2C)cc1. The van der Waals surface area contributed by atoms with Crippen molar-refractivity contribution in [2.75, 3.05) is 29.9 Å². The van der Waals surface area contributed by atoms with Crippen LogP contribution in [-0.2, 0) is 9.53 Å². The maximum atomic E-state index is 12.1. The van der Waals surface area contributed by atoms with Crippen molar-refractivity contribution in [1.82, 2.24) is 0 Å². The molecule has 1 N–H and O–H groups in total. The molecule has 0 aliphatic rings. The second kappa shape index (κ2) is 9.04. The number of hydrogen-bond acceptors (Lipinski definition) is 4. The Kier molecular flexibility index (Phi) is 6.78. The van der Waals surface area contributed by atoms with Gasteiger partial charge in [-0.25, -0.2) is 4.79 Å². The maximum absolute atomic E-state index is 12.1. The van der Waals surface area contributed by atoms with Gasteiger partial charge >= 0.3 is 5.97 Å². The summed E-state index contributed by atoms with van der Waals surface area (Å²) >= 11 is 0. The summed E-state index contributed by atoms with van der Waals surface area (Å²) in [6, 6.07) is 12.9. The van der Waals surface area contributed by atoms with Crippen molar-refractivity contribution in [1.29, 1.82) is 0 Å². The Balaban J connectivity index is 1.91. The lowest BCUT2D eigenvalue weighted by atomic mass is 10.1. The van der Waals surface area contributed by atoms with E-state index in [1.54, 1.807) is 12.1 Å². The van der Waals surface area contributed by atoms with Crippen LogP contribution in [0.1, 0.15) is 35.3 Å².